The van der Waals surface area contributed by atoms with Gasteiger partial charge in [-0.3, -0.25) is 0 Å². The molecule has 1 atom stereocenters. The molecule has 29 heavy (non-hydrogen) atoms. The zero-order valence-corrected chi connectivity index (χ0v) is 17.1. The highest BCUT2D eigenvalue weighted by Crippen LogP contribution is 2.34. The molecule has 2 heterocycles. The predicted octanol–water partition coefficient (Wildman–Crippen LogP) is 3.94. The first-order valence-corrected chi connectivity index (χ1v) is 9.96. The van der Waals surface area contributed by atoms with E-state index in [2.05, 4.69) is 25.7 Å². The maximum Gasteiger partial charge on any atom is 0.247 e. The van der Waals surface area contributed by atoms with Crippen LogP contribution in [0.25, 0.3) is 11.5 Å². The molecule has 2 aromatic carbocycles. The minimum absolute atomic E-state index is 0.0957. The number of nitrogens with zero attached hydrogens (tertiary/aromatic N) is 6. The van der Waals surface area contributed by atoms with Crippen LogP contribution in [0.5, 0.6) is 5.75 Å². The molecule has 0 N–H and O–H groups in total. The number of aromatic nitrogens is 6. The van der Waals surface area contributed by atoms with Gasteiger partial charge >= 0.3 is 0 Å². The molecule has 0 aliphatic carbocycles. The van der Waals surface area contributed by atoms with Crippen molar-refractivity contribution >= 4 is 11.8 Å². The molecule has 148 valence electrons. The Kier molecular flexibility index (Phi) is 5.57. The molecule has 9 heteroatoms. The molecule has 4 aromatic rings. The summed E-state index contributed by atoms with van der Waals surface area (Å²) in [5.74, 6) is 1.86. The van der Waals surface area contributed by atoms with Gasteiger partial charge in [0.15, 0.2) is 0 Å². The van der Waals surface area contributed by atoms with Gasteiger partial charge in [0.2, 0.25) is 16.9 Å². The van der Waals surface area contributed by atoms with Gasteiger partial charge in [-0.25, -0.2) is 4.68 Å². The average molecular weight is 408 g/mol. The summed E-state index contributed by atoms with van der Waals surface area (Å²) in [6.07, 6.45) is 0. The molecule has 0 amide bonds. The standard InChI is InChI=1S/C20H20N6O2S/c1-13-5-4-6-16(11-13)19-22-21-18(28-19)14(2)29-20-23-24-25-26(20)12-15-7-9-17(27-3)10-8-15/h4-11,14H,12H2,1-3H3/t14-/m0/s1. The monoisotopic (exact) mass is 408 g/mol. The van der Waals surface area contributed by atoms with Crippen LogP contribution in [-0.2, 0) is 6.54 Å². The molecule has 0 spiro atoms. The summed E-state index contributed by atoms with van der Waals surface area (Å²) in [4.78, 5) is 0. The Balaban J connectivity index is 1.46. The van der Waals surface area contributed by atoms with Gasteiger partial charge in [-0.15, -0.1) is 15.3 Å². The summed E-state index contributed by atoms with van der Waals surface area (Å²) in [5.41, 5.74) is 3.12. The Bertz CT molecular complexity index is 1090. The first kappa shape index (κ1) is 19.1. The van der Waals surface area contributed by atoms with Gasteiger partial charge in [0.1, 0.15) is 5.75 Å². The molecule has 0 bridgehead atoms. The summed E-state index contributed by atoms with van der Waals surface area (Å²) >= 11 is 1.47. The minimum Gasteiger partial charge on any atom is -0.497 e. The molecule has 0 aliphatic rings. The summed E-state index contributed by atoms with van der Waals surface area (Å²) in [5, 5.41) is 21.0. The van der Waals surface area contributed by atoms with E-state index < -0.39 is 0 Å². The van der Waals surface area contributed by atoms with E-state index in [0.717, 1.165) is 22.4 Å². The number of methoxy groups -OCH3 is 1. The second-order valence-electron chi connectivity index (χ2n) is 6.54. The van der Waals surface area contributed by atoms with Crippen LogP contribution in [0.3, 0.4) is 0 Å². The lowest BCUT2D eigenvalue weighted by Gasteiger charge is -2.08. The molecular weight excluding hydrogens is 388 g/mol. The number of rotatable bonds is 7. The third-order valence-corrected chi connectivity index (χ3v) is 5.38. The molecular formula is C20H20N6O2S. The minimum atomic E-state index is -0.0957. The third-order valence-electron chi connectivity index (χ3n) is 4.33. The number of ether oxygens (including phenoxy) is 1. The number of benzene rings is 2. The van der Waals surface area contributed by atoms with Crippen LogP contribution in [0.1, 0.15) is 29.2 Å². The number of thioether (sulfide) groups is 1. The summed E-state index contributed by atoms with van der Waals surface area (Å²) in [6, 6.07) is 15.8. The Morgan fingerprint density at radius 1 is 1.10 bits per heavy atom. The molecule has 0 fully saturated rings. The van der Waals surface area contributed by atoms with Gasteiger partial charge in [0, 0.05) is 5.56 Å². The van der Waals surface area contributed by atoms with Crippen molar-refractivity contribution in [1.29, 1.82) is 0 Å². The number of tetrazole rings is 1. The number of hydrogen-bond donors (Lipinski definition) is 0. The molecule has 2 aromatic heterocycles. The van der Waals surface area contributed by atoms with Crippen molar-refractivity contribution in [3.05, 3.63) is 65.5 Å². The number of aryl methyl sites for hydroxylation is 1. The van der Waals surface area contributed by atoms with Crippen molar-refractivity contribution < 1.29 is 9.15 Å². The molecule has 0 saturated heterocycles. The number of hydrogen-bond acceptors (Lipinski definition) is 8. The van der Waals surface area contributed by atoms with E-state index in [1.54, 1.807) is 11.8 Å². The van der Waals surface area contributed by atoms with Crippen molar-refractivity contribution in [3.63, 3.8) is 0 Å². The Hall–Kier alpha value is -3.20. The highest BCUT2D eigenvalue weighted by atomic mass is 32.2. The summed E-state index contributed by atoms with van der Waals surface area (Å²) in [7, 11) is 1.65. The smallest absolute Gasteiger partial charge is 0.247 e. The maximum absolute atomic E-state index is 5.88. The van der Waals surface area contributed by atoms with E-state index in [1.165, 1.54) is 11.8 Å². The van der Waals surface area contributed by atoms with Gasteiger partial charge in [0.25, 0.3) is 0 Å². The lowest BCUT2D eigenvalue weighted by atomic mass is 10.1. The Morgan fingerprint density at radius 3 is 2.69 bits per heavy atom. The molecule has 4 rings (SSSR count). The van der Waals surface area contributed by atoms with E-state index >= 15 is 0 Å². The second-order valence-corrected chi connectivity index (χ2v) is 7.85. The first-order chi connectivity index (χ1) is 14.1. The zero-order valence-electron chi connectivity index (χ0n) is 16.3. The lowest BCUT2D eigenvalue weighted by Crippen LogP contribution is -2.04. The van der Waals surface area contributed by atoms with Crippen molar-refractivity contribution in [1.82, 2.24) is 30.4 Å². The highest BCUT2D eigenvalue weighted by Gasteiger charge is 2.20. The van der Waals surface area contributed by atoms with Crippen LogP contribution >= 0.6 is 11.8 Å². The maximum atomic E-state index is 5.88. The van der Waals surface area contributed by atoms with E-state index in [4.69, 9.17) is 9.15 Å². The fourth-order valence-corrected chi connectivity index (χ4v) is 3.60. The summed E-state index contributed by atoms with van der Waals surface area (Å²) in [6.45, 7) is 4.58. The van der Waals surface area contributed by atoms with Crippen molar-refractivity contribution in [2.24, 2.45) is 0 Å². The van der Waals surface area contributed by atoms with Crippen LogP contribution in [0.2, 0.25) is 0 Å². The van der Waals surface area contributed by atoms with Crippen molar-refractivity contribution in [2.75, 3.05) is 7.11 Å². The van der Waals surface area contributed by atoms with Crippen LogP contribution in [0.15, 0.2) is 58.1 Å². The van der Waals surface area contributed by atoms with Gasteiger partial charge < -0.3 is 9.15 Å². The largest absolute Gasteiger partial charge is 0.497 e. The third kappa shape index (κ3) is 4.45. The Morgan fingerprint density at radius 2 is 1.93 bits per heavy atom. The van der Waals surface area contributed by atoms with E-state index in [0.29, 0.717) is 23.5 Å². The van der Waals surface area contributed by atoms with E-state index in [9.17, 15) is 0 Å². The summed E-state index contributed by atoms with van der Waals surface area (Å²) < 4.78 is 12.8. The SMILES string of the molecule is COc1ccc(Cn2nnnc2S[C@@H](C)c2nnc(-c3cccc(C)c3)o2)cc1. The molecule has 8 nitrogen and oxygen atoms in total. The molecule has 0 unspecified atom stereocenters. The highest BCUT2D eigenvalue weighted by molar-refractivity contribution is 7.99. The van der Waals surface area contributed by atoms with Gasteiger partial charge in [-0.1, -0.05) is 41.6 Å². The molecule has 0 aliphatic heterocycles. The van der Waals surface area contributed by atoms with E-state index in [-0.39, 0.29) is 5.25 Å². The predicted molar refractivity (Wildman–Crippen MR) is 109 cm³/mol. The molecule has 0 radical (unpaired) electrons. The van der Waals surface area contributed by atoms with Crippen LogP contribution in [-0.4, -0.2) is 37.5 Å². The Labute approximate surface area is 172 Å². The quantitative estimate of drug-likeness (QED) is 0.425. The van der Waals surface area contributed by atoms with Crippen LogP contribution in [0, 0.1) is 6.92 Å². The molecule has 0 saturated carbocycles. The van der Waals surface area contributed by atoms with Gasteiger partial charge in [-0.2, -0.15) is 0 Å². The van der Waals surface area contributed by atoms with E-state index in [1.807, 2.05) is 62.4 Å². The van der Waals surface area contributed by atoms with Crippen molar-refractivity contribution in [3.8, 4) is 17.2 Å². The van der Waals surface area contributed by atoms with Gasteiger partial charge in [0.05, 0.1) is 18.9 Å². The zero-order chi connectivity index (χ0) is 20.2. The van der Waals surface area contributed by atoms with Gasteiger partial charge in [-0.05, 0) is 54.1 Å². The van der Waals surface area contributed by atoms with Crippen LogP contribution < -0.4 is 4.74 Å². The van der Waals surface area contributed by atoms with Crippen LogP contribution in [0.4, 0.5) is 0 Å². The second kappa shape index (κ2) is 8.44. The topological polar surface area (TPSA) is 91.8 Å². The van der Waals surface area contributed by atoms with Crippen molar-refractivity contribution in [2.45, 2.75) is 30.8 Å². The average Bonchev–Trinajstić information content (AvgIpc) is 3.39. The fraction of sp³-hybridized carbons (Fsp3) is 0.250. The normalized spacial score (nSPS) is 12.1. The fourth-order valence-electron chi connectivity index (χ4n) is 2.79. The lowest BCUT2D eigenvalue weighted by molar-refractivity contribution is 0.414. The first-order valence-electron chi connectivity index (χ1n) is 9.08.